The molecule has 0 atom stereocenters. The van der Waals surface area contributed by atoms with E-state index >= 15 is 0 Å². The molecule has 0 fully saturated rings. The van der Waals surface area contributed by atoms with E-state index in [0.29, 0.717) is 27.7 Å². The van der Waals surface area contributed by atoms with Crippen LogP contribution < -0.4 is 5.56 Å². The lowest BCUT2D eigenvalue weighted by Crippen LogP contribution is -2.21. The van der Waals surface area contributed by atoms with Crippen LogP contribution in [-0.2, 0) is 0 Å². The number of nitrogens with zero attached hydrogens (tertiary/aromatic N) is 4. The van der Waals surface area contributed by atoms with Gasteiger partial charge in [-0.2, -0.15) is 5.26 Å². The van der Waals surface area contributed by atoms with Gasteiger partial charge in [0.25, 0.3) is 5.56 Å². The zero-order valence-electron chi connectivity index (χ0n) is 13.9. The molecule has 2 aromatic heterocycles. The van der Waals surface area contributed by atoms with Gasteiger partial charge in [-0.15, -0.1) is 0 Å². The lowest BCUT2D eigenvalue weighted by Gasteiger charge is -2.07. The molecule has 0 spiro atoms. The summed E-state index contributed by atoms with van der Waals surface area (Å²) in [6.45, 7) is 0. The van der Waals surface area contributed by atoms with Crippen LogP contribution in [0.5, 0.6) is 0 Å². The van der Waals surface area contributed by atoms with Crippen molar-refractivity contribution in [2.24, 2.45) is 0 Å². The summed E-state index contributed by atoms with van der Waals surface area (Å²) >= 11 is 0. The summed E-state index contributed by atoms with van der Waals surface area (Å²) in [7, 11) is 0. The third kappa shape index (κ3) is 2.12. The highest BCUT2D eigenvalue weighted by Crippen LogP contribution is 2.28. The average Bonchev–Trinajstić information content (AvgIpc) is 3.00. The molecular weight excluding hydrogens is 340 g/mol. The van der Waals surface area contributed by atoms with Crippen molar-refractivity contribution in [3.8, 4) is 22.9 Å². The number of fused-ring (bicyclic) bond motifs is 4. The van der Waals surface area contributed by atoms with Crippen molar-refractivity contribution in [3.05, 3.63) is 88.2 Å². The number of rotatable bonds is 1. The monoisotopic (exact) mass is 350 g/mol. The summed E-state index contributed by atoms with van der Waals surface area (Å²) in [5, 5.41) is 9.50. The van der Waals surface area contributed by atoms with Gasteiger partial charge in [0.15, 0.2) is 5.82 Å². The first-order valence-electron chi connectivity index (χ1n) is 8.24. The number of nitriles is 1. The van der Waals surface area contributed by atoms with Gasteiger partial charge in [0, 0.05) is 12.4 Å². The molecule has 126 valence electrons. The minimum Gasteiger partial charge on any atom is -0.285 e. The standard InChI is InChI=1S/C21H10N4O2/c22-11-12-1-4-18-16(9-12)19(26)20-24-17-3-2-14(13-5-7-23-8-6-13)10-15(17)21(27)25(18)20/h1-10H. The summed E-state index contributed by atoms with van der Waals surface area (Å²) in [6.07, 6.45) is 3.38. The molecule has 0 bridgehead atoms. The zero-order chi connectivity index (χ0) is 18.5. The van der Waals surface area contributed by atoms with Gasteiger partial charge in [-0.25, -0.2) is 4.98 Å². The van der Waals surface area contributed by atoms with Gasteiger partial charge in [-0.3, -0.25) is 19.1 Å². The molecule has 6 nitrogen and oxygen atoms in total. The molecule has 1 aliphatic rings. The first-order chi connectivity index (χ1) is 13.2. The quantitative estimate of drug-likeness (QED) is 0.464. The molecule has 0 unspecified atom stereocenters. The molecule has 5 rings (SSSR count). The zero-order valence-corrected chi connectivity index (χ0v) is 13.9. The second kappa shape index (κ2) is 5.44. The third-order valence-electron chi connectivity index (χ3n) is 4.70. The van der Waals surface area contributed by atoms with Gasteiger partial charge in [0.2, 0.25) is 5.78 Å². The minimum atomic E-state index is -0.348. The normalized spacial score (nSPS) is 11.9. The van der Waals surface area contributed by atoms with Crippen molar-refractivity contribution in [1.82, 2.24) is 14.5 Å². The van der Waals surface area contributed by atoms with Crippen molar-refractivity contribution in [2.75, 3.05) is 0 Å². The van der Waals surface area contributed by atoms with E-state index in [2.05, 4.69) is 9.97 Å². The molecule has 0 radical (unpaired) electrons. The molecule has 6 heteroatoms. The van der Waals surface area contributed by atoms with Gasteiger partial charge in [-0.05, 0) is 53.6 Å². The average molecular weight is 350 g/mol. The van der Waals surface area contributed by atoms with Crippen LogP contribution in [0.2, 0.25) is 0 Å². The molecular formula is C21H10N4O2. The molecule has 4 aromatic rings. The number of hydrogen-bond acceptors (Lipinski definition) is 5. The summed E-state index contributed by atoms with van der Waals surface area (Å²) in [5.41, 5.74) is 3.12. The van der Waals surface area contributed by atoms with Crippen LogP contribution in [0.4, 0.5) is 0 Å². The maximum atomic E-state index is 13.2. The number of aromatic nitrogens is 3. The van der Waals surface area contributed by atoms with Crippen LogP contribution in [-0.4, -0.2) is 20.3 Å². The van der Waals surface area contributed by atoms with Crippen molar-refractivity contribution in [3.63, 3.8) is 0 Å². The minimum absolute atomic E-state index is 0.0780. The molecule has 0 saturated carbocycles. The number of carbonyl (C=O) groups excluding carboxylic acids is 1. The summed E-state index contributed by atoms with van der Waals surface area (Å²) in [5.74, 6) is -0.270. The molecule has 27 heavy (non-hydrogen) atoms. The van der Waals surface area contributed by atoms with Crippen molar-refractivity contribution < 1.29 is 4.79 Å². The maximum Gasteiger partial charge on any atom is 0.266 e. The largest absolute Gasteiger partial charge is 0.285 e. The van der Waals surface area contributed by atoms with E-state index in [1.165, 1.54) is 10.6 Å². The Bertz CT molecular complexity index is 1370. The highest BCUT2D eigenvalue weighted by molar-refractivity contribution is 6.13. The Morgan fingerprint density at radius 1 is 0.926 bits per heavy atom. The molecule has 1 aliphatic heterocycles. The fraction of sp³-hybridized carbons (Fsp3) is 0. The van der Waals surface area contributed by atoms with Crippen LogP contribution in [0, 0.1) is 11.3 Å². The van der Waals surface area contributed by atoms with Crippen LogP contribution >= 0.6 is 0 Å². The fourth-order valence-electron chi connectivity index (χ4n) is 3.39. The Hall–Kier alpha value is -4.11. The molecule has 3 heterocycles. The van der Waals surface area contributed by atoms with Gasteiger partial charge < -0.3 is 0 Å². The van der Waals surface area contributed by atoms with Gasteiger partial charge in [0.1, 0.15) is 0 Å². The lowest BCUT2D eigenvalue weighted by molar-refractivity contribution is 0.103. The fourth-order valence-corrected chi connectivity index (χ4v) is 3.39. The second-order valence-corrected chi connectivity index (χ2v) is 6.22. The van der Waals surface area contributed by atoms with Crippen molar-refractivity contribution in [2.45, 2.75) is 0 Å². The van der Waals surface area contributed by atoms with Crippen LogP contribution in [0.15, 0.2) is 65.7 Å². The Balaban J connectivity index is 1.80. The first kappa shape index (κ1) is 15.2. The molecule has 2 aromatic carbocycles. The second-order valence-electron chi connectivity index (χ2n) is 6.22. The molecule has 0 aliphatic carbocycles. The van der Waals surface area contributed by atoms with E-state index in [-0.39, 0.29) is 17.2 Å². The van der Waals surface area contributed by atoms with Crippen LogP contribution in [0.3, 0.4) is 0 Å². The Morgan fingerprint density at radius 3 is 2.52 bits per heavy atom. The molecule has 0 N–H and O–H groups in total. The SMILES string of the molecule is N#Cc1ccc2c(c1)C(=O)c1nc3ccc(-c4ccncc4)cc3c(=O)n1-2. The highest BCUT2D eigenvalue weighted by atomic mass is 16.1. The van der Waals surface area contributed by atoms with E-state index in [1.807, 2.05) is 24.3 Å². The summed E-state index contributed by atoms with van der Waals surface area (Å²) in [6, 6.07) is 15.8. The Morgan fingerprint density at radius 2 is 1.74 bits per heavy atom. The van der Waals surface area contributed by atoms with Gasteiger partial charge in [-0.1, -0.05) is 6.07 Å². The summed E-state index contributed by atoms with van der Waals surface area (Å²) in [4.78, 5) is 34.3. The smallest absolute Gasteiger partial charge is 0.266 e. The number of carbonyl (C=O) groups is 1. The van der Waals surface area contributed by atoms with E-state index < -0.39 is 0 Å². The Labute approximate surface area is 153 Å². The van der Waals surface area contributed by atoms with Crippen LogP contribution in [0.1, 0.15) is 21.7 Å². The number of pyridine rings is 1. The number of ketones is 1. The van der Waals surface area contributed by atoms with E-state index in [0.717, 1.165) is 11.1 Å². The van der Waals surface area contributed by atoms with Crippen molar-refractivity contribution >= 4 is 16.7 Å². The molecule has 0 amide bonds. The number of hydrogen-bond donors (Lipinski definition) is 0. The van der Waals surface area contributed by atoms with E-state index in [4.69, 9.17) is 5.26 Å². The first-order valence-corrected chi connectivity index (χ1v) is 8.24. The Kier molecular flexibility index (Phi) is 3.06. The predicted molar refractivity (Wildman–Crippen MR) is 98.7 cm³/mol. The van der Waals surface area contributed by atoms with Crippen LogP contribution in [0.25, 0.3) is 27.7 Å². The third-order valence-corrected chi connectivity index (χ3v) is 4.70. The molecule has 0 saturated heterocycles. The highest BCUT2D eigenvalue weighted by Gasteiger charge is 2.30. The van der Waals surface area contributed by atoms with Gasteiger partial charge >= 0.3 is 0 Å². The van der Waals surface area contributed by atoms with E-state index in [1.54, 1.807) is 36.7 Å². The van der Waals surface area contributed by atoms with E-state index in [9.17, 15) is 9.59 Å². The predicted octanol–water partition coefficient (Wildman–Crippen LogP) is 2.86. The van der Waals surface area contributed by atoms with Gasteiger partial charge in [0.05, 0.1) is 33.8 Å². The number of benzene rings is 2. The lowest BCUT2D eigenvalue weighted by atomic mass is 10.1. The summed E-state index contributed by atoms with van der Waals surface area (Å²) < 4.78 is 1.33. The topological polar surface area (TPSA) is 88.6 Å². The van der Waals surface area contributed by atoms with Crippen molar-refractivity contribution in [1.29, 1.82) is 5.26 Å². The maximum absolute atomic E-state index is 13.2.